The zero-order valence-corrected chi connectivity index (χ0v) is 7.93. The van der Waals surface area contributed by atoms with Gasteiger partial charge in [-0.2, -0.15) is 0 Å². The van der Waals surface area contributed by atoms with Gasteiger partial charge < -0.3 is 14.9 Å². The molecule has 1 aromatic rings. The highest BCUT2D eigenvalue weighted by atomic mass is 16.6. The fourth-order valence-corrected chi connectivity index (χ4v) is 1.34. The predicted octanol–water partition coefficient (Wildman–Crippen LogP) is 1.49. The predicted molar refractivity (Wildman–Crippen MR) is 54.8 cm³/mol. The Morgan fingerprint density at radius 1 is 1.57 bits per heavy atom. The van der Waals surface area contributed by atoms with Crippen LogP contribution in [0.4, 0.5) is 5.69 Å². The minimum absolute atomic E-state index is 0.0650. The lowest BCUT2D eigenvalue weighted by Crippen LogP contribution is -2.31. The monoisotopic (exact) mass is 192 g/mol. The summed E-state index contributed by atoms with van der Waals surface area (Å²) < 4.78 is 5.64. The van der Waals surface area contributed by atoms with Crippen LogP contribution in [0.5, 0.6) is 5.75 Å². The molecule has 0 unspecified atom stereocenters. The Labute approximate surface area is 82.5 Å². The van der Waals surface area contributed by atoms with E-state index < -0.39 is 0 Å². The number of fused-ring (bicyclic) bond motifs is 1. The van der Waals surface area contributed by atoms with Gasteiger partial charge >= 0.3 is 0 Å². The van der Waals surface area contributed by atoms with E-state index in [4.69, 9.17) is 4.74 Å². The maximum absolute atomic E-state index is 5.64. The SMILES string of the molecule is CON=C[C@H]1CNc2ccccc2O1. The summed E-state index contributed by atoms with van der Waals surface area (Å²) in [6, 6.07) is 7.82. The van der Waals surface area contributed by atoms with Crippen LogP contribution < -0.4 is 10.1 Å². The normalized spacial score (nSPS) is 19.6. The number of benzene rings is 1. The summed E-state index contributed by atoms with van der Waals surface area (Å²) in [5.74, 6) is 0.853. The second-order valence-electron chi connectivity index (χ2n) is 2.97. The zero-order valence-electron chi connectivity index (χ0n) is 7.93. The van der Waals surface area contributed by atoms with Gasteiger partial charge in [-0.3, -0.25) is 0 Å². The topological polar surface area (TPSA) is 42.8 Å². The van der Waals surface area contributed by atoms with E-state index in [1.165, 1.54) is 7.11 Å². The molecule has 14 heavy (non-hydrogen) atoms. The van der Waals surface area contributed by atoms with Crippen LogP contribution in [0.25, 0.3) is 0 Å². The maximum Gasteiger partial charge on any atom is 0.154 e. The summed E-state index contributed by atoms with van der Waals surface area (Å²) >= 11 is 0. The van der Waals surface area contributed by atoms with Crippen molar-refractivity contribution in [3.63, 3.8) is 0 Å². The van der Waals surface area contributed by atoms with E-state index >= 15 is 0 Å². The Morgan fingerprint density at radius 2 is 2.43 bits per heavy atom. The highest BCUT2D eigenvalue weighted by molar-refractivity contribution is 5.68. The van der Waals surface area contributed by atoms with E-state index in [9.17, 15) is 0 Å². The number of hydrogen-bond donors (Lipinski definition) is 1. The molecule has 1 atom stereocenters. The van der Waals surface area contributed by atoms with E-state index in [1.54, 1.807) is 6.21 Å². The van der Waals surface area contributed by atoms with Gasteiger partial charge in [-0.15, -0.1) is 0 Å². The van der Waals surface area contributed by atoms with Crippen molar-refractivity contribution >= 4 is 11.9 Å². The molecule has 0 bridgehead atoms. The van der Waals surface area contributed by atoms with Crippen LogP contribution in [0, 0.1) is 0 Å². The Balaban J connectivity index is 2.09. The molecule has 0 saturated carbocycles. The molecule has 0 aliphatic carbocycles. The van der Waals surface area contributed by atoms with Gasteiger partial charge in [-0.05, 0) is 12.1 Å². The standard InChI is InChI=1S/C10H12N2O2/c1-13-12-7-8-6-11-9-4-2-3-5-10(9)14-8/h2-5,7-8,11H,6H2,1H3/t8-/m1/s1. The second kappa shape index (κ2) is 4.00. The van der Waals surface area contributed by atoms with Crippen molar-refractivity contribution in [3.8, 4) is 5.75 Å². The van der Waals surface area contributed by atoms with Crippen molar-refractivity contribution in [2.45, 2.75) is 6.10 Å². The lowest BCUT2D eigenvalue weighted by Gasteiger charge is -2.24. The van der Waals surface area contributed by atoms with Crippen LogP contribution in [0.15, 0.2) is 29.4 Å². The highest BCUT2D eigenvalue weighted by Gasteiger charge is 2.16. The number of ether oxygens (including phenoxy) is 1. The summed E-state index contributed by atoms with van der Waals surface area (Å²) in [7, 11) is 1.51. The molecule has 1 aliphatic rings. The van der Waals surface area contributed by atoms with Crippen molar-refractivity contribution in [1.82, 2.24) is 0 Å². The molecule has 2 rings (SSSR count). The average Bonchev–Trinajstić information content (AvgIpc) is 2.26. The lowest BCUT2D eigenvalue weighted by molar-refractivity contribution is 0.205. The Kier molecular flexibility index (Phi) is 2.53. The summed E-state index contributed by atoms with van der Waals surface area (Å²) in [5.41, 5.74) is 1.02. The molecule has 0 fully saturated rings. The van der Waals surface area contributed by atoms with Gasteiger partial charge in [0.25, 0.3) is 0 Å². The first-order valence-electron chi connectivity index (χ1n) is 4.46. The molecule has 1 aromatic carbocycles. The number of para-hydroxylation sites is 2. The molecule has 1 aliphatic heterocycles. The lowest BCUT2D eigenvalue weighted by atomic mass is 10.2. The molecule has 0 amide bonds. The number of oxime groups is 1. The smallest absolute Gasteiger partial charge is 0.154 e. The molecule has 0 aromatic heterocycles. The third-order valence-corrected chi connectivity index (χ3v) is 1.99. The number of nitrogens with zero attached hydrogens (tertiary/aromatic N) is 1. The van der Waals surface area contributed by atoms with E-state index in [-0.39, 0.29) is 6.10 Å². The van der Waals surface area contributed by atoms with E-state index in [1.807, 2.05) is 24.3 Å². The molecular weight excluding hydrogens is 180 g/mol. The van der Waals surface area contributed by atoms with Gasteiger partial charge in [0.1, 0.15) is 12.9 Å². The van der Waals surface area contributed by atoms with Crippen molar-refractivity contribution < 1.29 is 9.57 Å². The van der Waals surface area contributed by atoms with Gasteiger partial charge in [0, 0.05) is 0 Å². The summed E-state index contributed by atoms with van der Waals surface area (Å²) in [6.07, 6.45) is 1.58. The molecule has 0 spiro atoms. The molecule has 4 nitrogen and oxygen atoms in total. The van der Waals surface area contributed by atoms with E-state index in [0.717, 1.165) is 11.4 Å². The first-order valence-corrected chi connectivity index (χ1v) is 4.46. The van der Waals surface area contributed by atoms with Crippen molar-refractivity contribution in [2.75, 3.05) is 19.0 Å². The number of hydrogen-bond acceptors (Lipinski definition) is 4. The van der Waals surface area contributed by atoms with Gasteiger partial charge in [0.05, 0.1) is 18.4 Å². The number of rotatable bonds is 2. The maximum atomic E-state index is 5.64. The van der Waals surface area contributed by atoms with Gasteiger partial charge in [-0.25, -0.2) is 0 Å². The van der Waals surface area contributed by atoms with Crippen LogP contribution in [0.1, 0.15) is 0 Å². The second-order valence-corrected chi connectivity index (χ2v) is 2.97. The summed E-state index contributed by atoms with van der Waals surface area (Å²) in [5, 5.41) is 6.93. The highest BCUT2D eigenvalue weighted by Crippen LogP contribution is 2.27. The molecule has 1 heterocycles. The Bertz CT molecular complexity index is 339. The minimum Gasteiger partial charge on any atom is -0.481 e. The molecular formula is C10H12N2O2. The van der Waals surface area contributed by atoms with Gasteiger partial charge in [-0.1, -0.05) is 17.3 Å². The summed E-state index contributed by atoms with van der Waals surface area (Å²) in [4.78, 5) is 4.59. The fraction of sp³-hybridized carbons (Fsp3) is 0.300. The molecule has 4 heteroatoms. The third-order valence-electron chi connectivity index (χ3n) is 1.99. The molecule has 0 radical (unpaired) electrons. The van der Waals surface area contributed by atoms with Crippen molar-refractivity contribution in [1.29, 1.82) is 0 Å². The van der Waals surface area contributed by atoms with Crippen LogP contribution in [-0.4, -0.2) is 26.0 Å². The largest absolute Gasteiger partial charge is 0.481 e. The number of nitrogens with one attached hydrogen (secondary N) is 1. The quantitative estimate of drug-likeness (QED) is 0.570. The molecule has 74 valence electrons. The third kappa shape index (κ3) is 1.79. The Morgan fingerprint density at radius 3 is 3.29 bits per heavy atom. The van der Waals surface area contributed by atoms with Crippen LogP contribution in [0.3, 0.4) is 0 Å². The zero-order chi connectivity index (χ0) is 9.80. The fourth-order valence-electron chi connectivity index (χ4n) is 1.34. The van der Waals surface area contributed by atoms with Crippen molar-refractivity contribution in [3.05, 3.63) is 24.3 Å². The summed E-state index contributed by atoms with van der Waals surface area (Å²) in [6.45, 7) is 0.712. The first-order chi connectivity index (χ1) is 6.90. The molecule has 0 saturated heterocycles. The first kappa shape index (κ1) is 8.87. The van der Waals surface area contributed by atoms with E-state index in [0.29, 0.717) is 6.54 Å². The van der Waals surface area contributed by atoms with Gasteiger partial charge in [0.15, 0.2) is 6.10 Å². The Hall–Kier alpha value is -1.71. The number of anilines is 1. The average molecular weight is 192 g/mol. The molecule has 1 N–H and O–H groups in total. The van der Waals surface area contributed by atoms with E-state index in [2.05, 4.69) is 15.3 Å². The van der Waals surface area contributed by atoms with Crippen LogP contribution in [-0.2, 0) is 4.84 Å². The van der Waals surface area contributed by atoms with Crippen LogP contribution >= 0.6 is 0 Å². The van der Waals surface area contributed by atoms with Crippen LogP contribution in [0.2, 0.25) is 0 Å². The minimum atomic E-state index is -0.0650. The van der Waals surface area contributed by atoms with Crippen molar-refractivity contribution in [2.24, 2.45) is 5.16 Å². The van der Waals surface area contributed by atoms with Gasteiger partial charge in [0.2, 0.25) is 0 Å².